The number of aryl methyl sites for hydroxylation is 1. The number of aromatic amines is 1. The number of carbonyl (C=O) groups excluding carboxylic acids is 1. The van der Waals surface area contributed by atoms with Gasteiger partial charge in [-0.3, -0.25) is 0 Å². The molecular formula is C15H14N2O2. The first kappa shape index (κ1) is 12.9. The number of hydrogen-bond donors (Lipinski definition) is 1. The van der Waals surface area contributed by atoms with Gasteiger partial charge in [0, 0.05) is 22.2 Å². The molecular weight excluding hydrogens is 240 g/mol. The average Bonchev–Trinajstić information content (AvgIpc) is 2.72. The number of nitriles is 1. The number of rotatable bonds is 3. The average molecular weight is 254 g/mol. The van der Waals surface area contributed by atoms with Crippen LogP contribution in [0.5, 0.6) is 0 Å². The first-order valence-corrected chi connectivity index (χ1v) is 6.03. The fraction of sp³-hybridized carbons (Fsp3) is 0.200. The minimum absolute atomic E-state index is 0.00898. The first-order valence-electron chi connectivity index (χ1n) is 6.03. The molecule has 4 nitrogen and oxygen atoms in total. The van der Waals surface area contributed by atoms with E-state index >= 15 is 0 Å². The van der Waals surface area contributed by atoms with Crippen LogP contribution in [0.25, 0.3) is 17.0 Å². The Labute approximate surface area is 111 Å². The number of nitrogens with zero attached hydrogens (tertiary/aromatic N) is 1. The zero-order valence-corrected chi connectivity index (χ0v) is 10.9. The molecule has 0 aliphatic heterocycles. The number of carbonyl (C=O) groups is 1. The highest BCUT2D eigenvalue weighted by Gasteiger charge is 2.13. The van der Waals surface area contributed by atoms with E-state index in [0.717, 1.165) is 22.2 Å². The zero-order chi connectivity index (χ0) is 13.8. The van der Waals surface area contributed by atoms with Gasteiger partial charge in [-0.2, -0.15) is 5.26 Å². The Balaban J connectivity index is 2.52. The molecule has 1 heterocycles. The number of nitrogens with one attached hydrogen (secondary N) is 1. The summed E-state index contributed by atoms with van der Waals surface area (Å²) in [4.78, 5) is 14.8. The van der Waals surface area contributed by atoms with Gasteiger partial charge in [-0.05, 0) is 26.0 Å². The molecule has 0 unspecified atom stereocenters. The summed E-state index contributed by atoms with van der Waals surface area (Å²) in [6, 6.07) is 9.65. The van der Waals surface area contributed by atoms with Crippen molar-refractivity contribution >= 4 is 22.9 Å². The largest absolute Gasteiger partial charge is 0.462 e. The van der Waals surface area contributed by atoms with Crippen LogP contribution in [-0.2, 0) is 9.53 Å². The van der Waals surface area contributed by atoms with Crippen LogP contribution in [0.4, 0.5) is 0 Å². The third-order valence-electron chi connectivity index (χ3n) is 2.85. The number of hydrogen-bond acceptors (Lipinski definition) is 3. The van der Waals surface area contributed by atoms with E-state index in [0.29, 0.717) is 0 Å². The quantitative estimate of drug-likeness (QED) is 0.520. The highest BCUT2D eigenvalue weighted by Crippen LogP contribution is 2.24. The van der Waals surface area contributed by atoms with Crippen LogP contribution < -0.4 is 0 Å². The second-order valence-corrected chi connectivity index (χ2v) is 4.10. The van der Waals surface area contributed by atoms with Crippen LogP contribution in [0.3, 0.4) is 0 Å². The van der Waals surface area contributed by atoms with Gasteiger partial charge >= 0.3 is 5.97 Å². The number of aromatic nitrogens is 1. The van der Waals surface area contributed by atoms with E-state index in [-0.39, 0.29) is 12.2 Å². The number of fused-ring (bicyclic) bond motifs is 1. The van der Waals surface area contributed by atoms with Crippen LogP contribution in [-0.4, -0.2) is 17.6 Å². The highest BCUT2D eigenvalue weighted by molar-refractivity contribution is 6.01. The molecule has 2 aromatic rings. The molecule has 0 fully saturated rings. The molecule has 0 amide bonds. The highest BCUT2D eigenvalue weighted by atomic mass is 16.5. The predicted molar refractivity (Wildman–Crippen MR) is 73.3 cm³/mol. The number of ether oxygens (including phenoxy) is 1. The summed E-state index contributed by atoms with van der Waals surface area (Å²) in [6.07, 6.45) is 1.58. The molecule has 0 radical (unpaired) electrons. The lowest BCUT2D eigenvalue weighted by molar-refractivity contribution is -0.137. The van der Waals surface area contributed by atoms with E-state index in [9.17, 15) is 4.79 Å². The van der Waals surface area contributed by atoms with Gasteiger partial charge in [0.05, 0.1) is 6.61 Å². The van der Waals surface area contributed by atoms with Crippen molar-refractivity contribution in [1.82, 2.24) is 4.98 Å². The Hall–Kier alpha value is -2.54. The molecule has 0 bridgehead atoms. The van der Waals surface area contributed by atoms with Crippen LogP contribution in [0, 0.1) is 18.3 Å². The molecule has 1 aromatic heterocycles. The Kier molecular flexibility index (Phi) is 3.67. The van der Waals surface area contributed by atoms with E-state index in [4.69, 9.17) is 10.00 Å². The van der Waals surface area contributed by atoms with E-state index < -0.39 is 5.97 Å². The third-order valence-corrected chi connectivity index (χ3v) is 2.85. The van der Waals surface area contributed by atoms with Gasteiger partial charge in [0.1, 0.15) is 11.6 Å². The fourth-order valence-electron chi connectivity index (χ4n) is 1.97. The first-order chi connectivity index (χ1) is 9.17. The summed E-state index contributed by atoms with van der Waals surface area (Å²) in [5.74, 6) is -0.588. The van der Waals surface area contributed by atoms with Gasteiger partial charge in [0.2, 0.25) is 0 Å². The lowest BCUT2D eigenvalue weighted by Gasteiger charge is -2.00. The monoisotopic (exact) mass is 254 g/mol. The SMILES string of the molecule is CCOC(=O)/C(C#N)=C\c1c(C)[nH]c2ccccc12. The minimum Gasteiger partial charge on any atom is -0.462 e. The van der Waals surface area contributed by atoms with E-state index in [1.54, 1.807) is 13.0 Å². The van der Waals surface area contributed by atoms with Gasteiger partial charge in [0.15, 0.2) is 0 Å². The Bertz CT molecular complexity index is 690. The summed E-state index contributed by atoms with van der Waals surface area (Å²) in [7, 11) is 0. The normalized spacial score (nSPS) is 11.3. The van der Waals surface area contributed by atoms with Crippen LogP contribution in [0.2, 0.25) is 0 Å². The smallest absolute Gasteiger partial charge is 0.348 e. The zero-order valence-electron chi connectivity index (χ0n) is 10.9. The van der Waals surface area contributed by atoms with Crippen molar-refractivity contribution in [2.45, 2.75) is 13.8 Å². The number of H-pyrrole nitrogens is 1. The summed E-state index contributed by atoms with van der Waals surface area (Å²) in [5, 5.41) is 10.0. The predicted octanol–water partition coefficient (Wildman–Crippen LogP) is 2.95. The third kappa shape index (κ3) is 2.50. The summed E-state index contributed by atoms with van der Waals surface area (Å²) in [6.45, 7) is 3.88. The molecule has 4 heteroatoms. The number of para-hydroxylation sites is 1. The fourth-order valence-corrected chi connectivity index (χ4v) is 1.97. The van der Waals surface area contributed by atoms with Gasteiger partial charge in [0.25, 0.3) is 0 Å². The van der Waals surface area contributed by atoms with Gasteiger partial charge in [-0.15, -0.1) is 0 Å². The van der Waals surface area contributed by atoms with Crippen LogP contribution >= 0.6 is 0 Å². The molecule has 0 aliphatic carbocycles. The molecule has 1 aromatic carbocycles. The van der Waals surface area contributed by atoms with Crippen molar-refractivity contribution in [1.29, 1.82) is 5.26 Å². The summed E-state index contributed by atoms with van der Waals surface area (Å²) in [5.41, 5.74) is 2.75. The molecule has 19 heavy (non-hydrogen) atoms. The minimum atomic E-state index is -0.588. The molecule has 0 aliphatic rings. The summed E-state index contributed by atoms with van der Waals surface area (Å²) < 4.78 is 4.86. The number of esters is 1. The molecule has 2 rings (SSSR count). The second-order valence-electron chi connectivity index (χ2n) is 4.10. The maximum atomic E-state index is 11.6. The Morgan fingerprint density at radius 1 is 1.47 bits per heavy atom. The van der Waals surface area contributed by atoms with E-state index in [1.165, 1.54) is 0 Å². The van der Waals surface area contributed by atoms with Crippen molar-refractivity contribution in [2.24, 2.45) is 0 Å². The topological polar surface area (TPSA) is 65.9 Å². The molecule has 0 atom stereocenters. The van der Waals surface area contributed by atoms with Crippen LogP contribution in [0.1, 0.15) is 18.2 Å². The molecule has 0 saturated heterocycles. The van der Waals surface area contributed by atoms with Crippen molar-refractivity contribution < 1.29 is 9.53 Å². The Morgan fingerprint density at radius 2 is 2.21 bits per heavy atom. The van der Waals surface area contributed by atoms with Crippen molar-refractivity contribution in [3.63, 3.8) is 0 Å². The van der Waals surface area contributed by atoms with Crippen LogP contribution in [0.15, 0.2) is 29.8 Å². The lowest BCUT2D eigenvalue weighted by atomic mass is 10.1. The molecule has 1 N–H and O–H groups in total. The Morgan fingerprint density at radius 3 is 2.89 bits per heavy atom. The van der Waals surface area contributed by atoms with Gasteiger partial charge in [-0.1, -0.05) is 18.2 Å². The van der Waals surface area contributed by atoms with Crippen molar-refractivity contribution in [3.8, 4) is 6.07 Å². The lowest BCUT2D eigenvalue weighted by Crippen LogP contribution is -2.06. The molecule has 0 spiro atoms. The van der Waals surface area contributed by atoms with Gasteiger partial charge < -0.3 is 9.72 Å². The van der Waals surface area contributed by atoms with E-state index in [1.807, 2.05) is 37.3 Å². The molecule has 0 saturated carbocycles. The van der Waals surface area contributed by atoms with Gasteiger partial charge in [-0.25, -0.2) is 4.79 Å². The maximum absolute atomic E-state index is 11.6. The number of benzene rings is 1. The summed E-state index contributed by atoms with van der Waals surface area (Å²) >= 11 is 0. The second kappa shape index (κ2) is 5.40. The standard InChI is InChI=1S/C15H14N2O2/c1-3-19-15(18)11(9-16)8-13-10(2)17-14-7-5-4-6-12(13)14/h4-8,17H,3H2,1-2H3/b11-8-. The maximum Gasteiger partial charge on any atom is 0.348 e. The van der Waals surface area contributed by atoms with Crippen molar-refractivity contribution in [2.75, 3.05) is 6.61 Å². The molecule has 96 valence electrons. The van der Waals surface area contributed by atoms with E-state index in [2.05, 4.69) is 4.98 Å². The van der Waals surface area contributed by atoms with Crippen molar-refractivity contribution in [3.05, 3.63) is 41.1 Å².